The number of nitrogens with one attached hydrogen (secondary N) is 1. The zero-order valence-electron chi connectivity index (χ0n) is 12.9. The Bertz CT molecular complexity index is 691. The molecule has 1 fully saturated rings. The van der Waals surface area contributed by atoms with E-state index in [2.05, 4.69) is 22.1 Å². The molecule has 0 unspecified atom stereocenters. The van der Waals surface area contributed by atoms with Gasteiger partial charge in [0.05, 0.1) is 6.20 Å². The molecule has 0 radical (unpaired) electrons. The van der Waals surface area contributed by atoms with Gasteiger partial charge in [-0.1, -0.05) is 24.3 Å². The van der Waals surface area contributed by atoms with Crippen LogP contribution in [-0.4, -0.2) is 46.9 Å². The zero-order chi connectivity index (χ0) is 16.1. The lowest BCUT2D eigenvalue weighted by molar-refractivity contribution is 0.108. The number of piperidine rings is 1. The van der Waals surface area contributed by atoms with Gasteiger partial charge in [-0.2, -0.15) is 5.10 Å². The van der Waals surface area contributed by atoms with Crippen LogP contribution in [0.15, 0.2) is 43.1 Å². The van der Waals surface area contributed by atoms with Gasteiger partial charge in [-0.3, -0.25) is 0 Å². The van der Waals surface area contributed by atoms with Crippen molar-refractivity contribution < 1.29 is 9.53 Å². The smallest absolute Gasteiger partial charge is 0.317 e. The fraction of sp³-hybridized carbons (Fsp3) is 0.353. The van der Waals surface area contributed by atoms with Gasteiger partial charge in [-0.15, -0.1) is 11.7 Å². The van der Waals surface area contributed by atoms with Crippen molar-refractivity contribution in [3.05, 3.63) is 43.1 Å². The fourth-order valence-electron chi connectivity index (χ4n) is 2.69. The van der Waals surface area contributed by atoms with Gasteiger partial charge in [-0.25, -0.2) is 4.79 Å². The van der Waals surface area contributed by atoms with E-state index in [4.69, 9.17) is 4.74 Å². The van der Waals surface area contributed by atoms with Crippen molar-refractivity contribution in [1.29, 1.82) is 0 Å². The van der Waals surface area contributed by atoms with Crippen LogP contribution in [0.25, 0.3) is 10.8 Å². The van der Waals surface area contributed by atoms with Crippen molar-refractivity contribution in [1.82, 2.24) is 20.4 Å². The lowest BCUT2D eigenvalue weighted by Gasteiger charge is -2.31. The van der Waals surface area contributed by atoms with E-state index < -0.39 is 0 Å². The summed E-state index contributed by atoms with van der Waals surface area (Å²) in [7, 11) is 0. The summed E-state index contributed by atoms with van der Waals surface area (Å²) in [6, 6.07) is 7.85. The minimum absolute atomic E-state index is 0.0479. The maximum atomic E-state index is 11.9. The first kappa shape index (κ1) is 15.3. The molecule has 0 spiro atoms. The summed E-state index contributed by atoms with van der Waals surface area (Å²) in [5.74, 6) is 0.567. The topological polar surface area (TPSA) is 67.4 Å². The molecule has 2 amide bonds. The number of rotatable bonds is 4. The number of benzene rings is 1. The second-order valence-corrected chi connectivity index (χ2v) is 5.52. The Morgan fingerprint density at radius 3 is 2.96 bits per heavy atom. The number of ether oxygens (including phenoxy) is 1. The lowest BCUT2D eigenvalue weighted by Crippen LogP contribution is -2.46. The molecule has 0 aliphatic carbocycles. The maximum absolute atomic E-state index is 11.9. The molecule has 120 valence electrons. The largest absolute Gasteiger partial charge is 0.473 e. The summed E-state index contributed by atoms with van der Waals surface area (Å²) in [4.78, 5) is 13.7. The molecule has 1 aliphatic rings. The molecule has 2 aromatic rings. The first-order valence-electron chi connectivity index (χ1n) is 7.78. The molecule has 1 aromatic carbocycles. The highest BCUT2D eigenvalue weighted by Crippen LogP contribution is 2.24. The summed E-state index contributed by atoms with van der Waals surface area (Å²) < 4.78 is 6.03. The second-order valence-electron chi connectivity index (χ2n) is 5.52. The molecule has 0 atom stereocenters. The molecular formula is C17H20N4O2. The Hall–Kier alpha value is -2.63. The Kier molecular flexibility index (Phi) is 4.71. The number of carbonyl (C=O) groups is 1. The van der Waals surface area contributed by atoms with Gasteiger partial charge in [-0.05, 0) is 6.07 Å². The summed E-state index contributed by atoms with van der Waals surface area (Å²) in [6.07, 6.45) is 5.03. The van der Waals surface area contributed by atoms with E-state index in [1.807, 2.05) is 24.3 Å². The Labute approximate surface area is 135 Å². The number of carbonyl (C=O) groups excluding carboxylic acids is 1. The van der Waals surface area contributed by atoms with Crippen LogP contribution in [0.2, 0.25) is 0 Å². The Morgan fingerprint density at radius 2 is 2.17 bits per heavy atom. The van der Waals surface area contributed by atoms with E-state index in [0.29, 0.717) is 25.5 Å². The van der Waals surface area contributed by atoms with Crippen molar-refractivity contribution in [3.63, 3.8) is 0 Å². The minimum atomic E-state index is -0.0479. The highest BCUT2D eigenvalue weighted by molar-refractivity contribution is 5.85. The molecule has 1 aromatic heterocycles. The molecule has 1 aliphatic heterocycles. The quantitative estimate of drug-likeness (QED) is 0.880. The van der Waals surface area contributed by atoms with Gasteiger partial charge in [0.1, 0.15) is 6.10 Å². The van der Waals surface area contributed by atoms with Crippen molar-refractivity contribution in [2.24, 2.45) is 0 Å². The molecule has 0 bridgehead atoms. The molecular weight excluding hydrogens is 292 g/mol. The average Bonchev–Trinajstić information content (AvgIpc) is 2.60. The predicted octanol–water partition coefficient (Wildman–Crippen LogP) is 2.37. The predicted molar refractivity (Wildman–Crippen MR) is 88.4 cm³/mol. The molecule has 1 saturated heterocycles. The highest BCUT2D eigenvalue weighted by atomic mass is 16.5. The Balaban J connectivity index is 1.60. The third-order valence-electron chi connectivity index (χ3n) is 3.94. The van der Waals surface area contributed by atoms with E-state index in [1.165, 1.54) is 0 Å². The molecule has 6 nitrogen and oxygen atoms in total. The lowest BCUT2D eigenvalue weighted by atomic mass is 10.1. The van der Waals surface area contributed by atoms with E-state index in [0.717, 1.165) is 23.6 Å². The SMILES string of the molecule is C=CCNC(=O)N1CCC(Oc2nncc3ccccc23)CC1. The number of aromatic nitrogens is 2. The van der Waals surface area contributed by atoms with E-state index in [1.54, 1.807) is 17.2 Å². The molecule has 1 N–H and O–H groups in total. The number of hydrogen-bond acceptors (Lipinski definition) is 4. The van der Waals surface area contributed by atoms with Gasteiger partial charge >= 0.3 is 6.03 Å². The van der Waals surface area contributed by atoms with Crippen LogP contribution in [0.3, 0.4) is 0 Å². The first-order valence-corrected chi connectivity index (χ1v) is 7.78. The maximum Gasteiger partial charge on any atom is 0.317 e. The van der Waals surface area contributed by atoms with E-state index >= 15 is 0 Å². The van der Waals surface area contributed by atoms with Crippen LogP contribution in [0.4, 0.5) is 4.79 Å². The first-order chi connectivity index (χ1) is 11.3. The second kappa shape index (κ2) is 7.09. The number of urea groups is 1. The van der Waals surface area contributed by atoms with Crippen molar-refractivity contribution >= 4 is 16.8 Å². The third kappa shape index (κ3) is 3.59. The van der Waals surface area contributed by atoms with Crippen molar-refractivity contribution in [3.8, 4) is 5.88 Å². The van der Waals surface area contributed by atoms with Gasteiger partial charge in [0.25, 0.3) is 0 Å². The molecule has 2 heterocycles. The van der Waals surface area contributed by atoms with Crippen LogP contribution < -0.4 is 10.1 Å². The normalized spacial score (nSPS) is 15.4. The molecule has 6 heteroatoms. The molecule has 23 heavy (non-hydrogen) atoms. The van der Waals surface area contributed by atoms with Crippen LogP contribution in [-0.2, 0) is 0 Å². The number of amides is 2. The van der Waals surface area contributed by atoms with Crippen LogP contribution in [0, 0.1) is 0 Å². The zero-order valence-corrected chi connectivity index (χ0v) is 12.9. The number of nitrogens with zero attached hydrogens (tertiary/aromatic N) is 3. The fourth-order valence-corrected chi connectivity index (χ4v) is 2.69. The van der Waals surface area contributed by atoms with Crippen molar-refractivity contribution in [2.75, 3.05) is 19.6 Å². The molecule has 3 rings (SSSR count). The van der Waals surface area contributed by atoms with Gasteiger partial charge < -0.3 is 15.0 Å². The van der Waals surface area contributed by atoms with Crippen LogP contribution in [0.1, 0.15) is 12.8 Å². The summed E-state index contributed by atoms with van der Waals surface area (Å²) in [5.41, 5.74) is 0. The Morgan fingerprint density at radius 1 is 1.39 bits per heavy atom. The minimum Gasteiger partial charge on any atom is -0.473 e. The van der Waals surface area contributed by atoms with Crippen molar-refractivity contribution in [2.45, 2.75) is 18.9 Å². The van der Waals surface area contributed by atoms with E-state index in [9.17, 15) is 4.79 Å². The number of likely N-dealkylation sites (tertiary alicyclic amines) is 1. The summed E-state index contributed by atoms with van der Waals surface area (Å²) in [6.45, 7) is 5.43. The van der Waals surface area contributed by atoms with Crippen LogP contribution in [0.5, 0.6) is 5.88 Å². The standard InChI is InChI=1S/C17H20N4O2/c1-2-9-18-17(22)21-10-7-14(8-11-21)23-16-15-6-4-3-5-13(15)12-19-20-16/h2-6,12,14H,1,7-11H2,(H,18,22). The number of hydrogen-bond donors (Lipinski definition) is 1. The average molecular weight is 312 g/mol. The summed E-state index contributed by atoms with van der Waals surface area (Å²) in [5, 5.41) is 12.9. The van der Waals surface area contributed by atoms with E-state index in [-0.39, 0.29) is 12.1 Å². The third-order valence-corrected chi connectivity index (χ3v) is 3.94. The van der Waals surface area contributed by atoms with Gasteiger partial charge in [0, 0.05) is 43.2 Å². The summed E-state index contributed by atoms with van der Waals surface area (Å²) >= 11 is 0. The van der Waals surface area contributed by atoms with Gasteiger partial charge in [0.2, 0.25) is 5.88 Å². The molecule has 0 saturated carbocycles. The van der Waals surface area contributed by atoms with Gasteiger partial charge in [0.15, 0.2) is 0 Å². The van der Waals surface area contributed by atoms with Crippen LogP contribution >= 0.6 is 0 Å². The highest BCUT2D eigenvalue weighted by Gasteiger charge is 2.24. The monoisotopic (exact) mass is 312 g/mol. The number of fused-ring (bicyclic) bond motifs is 1.